The molecule has 7 heteroatoms. The lowest BCUT2D eigenvalue weighted by molar-refractivity contribution is 0.0687. The summed E-state index contributed by atoms with van der Waals surface area (Å²) in [5.74, 6) is -0.624. The Morgan fingerprint density at radius 1 is 1.44 bits per heavy atom. The maximum atomic E-state index is 11.0. The number of aromatic carboxylic acids is 1. The fourth-order valence-corrected chi connectivity index (χ4v) is 2.00. The molecule has 0 aliphatic carbocycles. The Balaban J connectivity index is 2.64. The van der Waals surface area contributed by atoms with E-state index >= 15 is 0 Å². The van der Waals surface area contributed by atoms with Crippen molar-refractivity contribution in [2.45, 2.75) is 0 Å². The second-order valence-electron chi connectivity index (χ2n) is 2.88. The third-order valence-electron chi connectivity index (χ3n) is 1.84. The minimum atomic E-state index is -1.06. The summed E-state index contributed by atoms with van der Waals surface area (Å²) < 4.78 is 2.38. The first-order valence-electron chi connectivity index (χ1n) is 4.19. The van der Waals surface area contributed by atoms with Gasteiger partial charge in [-0.1, -0.05) is 0 Å². The van der Waals surface area contributed by atoms with Crippen molar-refractivity contribution in [3.8, 4) is 5.82 Å². The quantitative estimate of drug-likeness (QED) is 0.907. The van der Waals surface area contributed by atoms with Crippen LogP contribution in [0.15, 0.2) is 33.5 Å². The Morgan fingerprint density at radius 2 is 2.19 bits per heavy atom. The van der Waals surface area contributed by atoms with Crippen molar-refractivity contribution in [2.75, 3.05) is 0 Å². The number of carbonyl (C=O) groups is 1. The number of halogens is 2. The monoisotopic (exact) mass is 345 g/mol. The van der Waals surface area contributed by atoms with Crippen molar-refractivity contribution >= 4 is 37.8 Å². The Kier molecular flexibility index (Phi) is 3.06. The molecule has 1 N–H and O–H groups in total. The normalized spacial score (nSPS) is 10.4. The predicted molar refractivity (Wildman–Crippen MR) is 63.7 cm³/mol. The van der Waals surface area contributed by atoms with E-state index in [9.17, 15) is 4.79 Å². The van der Waals surface area contributed by atoms with E-state index in [0.29, 0.717) is 14.9 Å². The van der Waals surface area contributed by atoms with E-state index in [0.717, 1.165) is 0 Å². The molecule has 2 rings (SSSR count). The Hall–Kier alpha value is -1.21. The number of aromatic nitrogens is 3. The van der Waals surface area contributed by atoms with Crippen LogP contribution in [0.4, 0.5) is 0 Å². The molecule has 2 heterocycles. The summed E-state index contributed by atoms with van der Waals surface area (Å²) in [4.78, 5) is 15.1. The van der Waals surface area contributed by atoms with Crippen LogP contribution in [-0.4, -0.2) is 25.8 Å². The first-order chi connectivity index (χ1) is 7.59. The van der Waals surface area contributed by atoms with Gasteiger partial charge in [0.2, 0.25) is 0 Å². The van der Waals surface area contributed by atoms with Crippen LogP contribution in [0.3, 0.4) is 0 Å². The van der Waals surface area contributed by atoms with Crippen LogP contribution in [0.5, 0.6) is 0 Å². The first kappa shape index (κ1) is 11.3. The van der Waals surface area contributed by atoms with E-state index in [1.807, 2.05) is 0 Å². The van der Waals surface area contributed by atoms with Gasteiger partial charge in [0.15, 0.2) is 11.5 Å². The molecule has 0 radical (unpaired) electrons. The zero-order valence-corrected chi connectivity index (χ0v) is 10.9. The average Bonchev–Trinajstić information content (AvgIpc) is 2.61. The third kappa shape index (κ3) is 2.00. The number of nitrogens with zero attached hydrogens (tertiary/aromatic N) is 3. The molecule has 0 spiro atoms. The number of hydrogen-bond acceptors (Lipinski definition) is 3. The SMILES string of the molecule is O=C(O)c1cc(Br)nn1-c1ncccc1Br. The minimum absolute atomic E-state index is 0.0475. The van der Waals surface area contributed by atoms with Crippen LogP contribution in [0.1, 0.15) is 10.5 Å². The third-order valence-corrected chi connectivity index (χ3v) is 2.84. The lowest BCUT2D eigenvalue weighted by atomic mass is 10.4. The molecule has 82 valence electrons. The molecule has 0 saturated carbocycles. The number of rotatable bonds is 2. The molecule has 2 aromatic heterocycles. The lowest BCUT2D eigenvalue weighted by Gasteiger charge is -2.04. The molecule has 0 saturated heterocycles. The fourth-order valence-electron chi connectivity index (χ4n) is 1.20. The standard InChI is InChI=1S/C9H5Br2N3O2/c10-5-2-1-3-12-8(5)14-6(9(15)16)4-7(11)13-14/h1-4H,(H,15,16). The van der Waals surface area contributed by atoms with Crippen molar-refractivity contribution in [3.63, 3.8) is 0 Å². The van der Waals surface area contributed by atoms with Gasteiger partial charge in [0.25, 0.3) is 0 Å². The van der Waals surface area contributed by atoms with Crippen LogP contribution in [0.2, 0.25) is 0 Å². The Morgan fingerprint density at radius 3 is 2.81 bits per heavy atom. The van der Waals surface area contributed by atoms with Crippen molar-refractivity contribution in [2.24, 2.45) is 0 Å². The first-order valence-corrected chi connectivity index (χ1v) is 5.78. The second kappa shape index (κ2) is 4.34. The van der Waals surface area contributed by atoms with Crippen LogP contribution in [0, 0.1) is 0 Å². The maximum absolute atomic E-state index is 11.0. The van der Waals surface area contributed by atoms with Gasteiger partial charge in [0, 0.05) is 12.3 Å². The maximum Gasteiger partial charge on any atom is 0.354 e. The topological polar surface area (TPSA) is 68.0 Å². The van der Waals surface area contributed by atoms with Gasteiger partial charge in [-0.2, -0.15) is 5.10 Å². The molecule has 0 bridgehead atoms. The molecule has 0 aliphatic rings. The highest BCUT2D eigenvalue weighted by Crippen LogP contribution is 2.21. The van der Waals surface area contributed by atoms with E-state index in [1.54, 1.807) is 18.3 Å². The van der Waals surface area contributed by atoms with Crippen molar-refractivity contribution in [1.29, 1.82) is 0 Å². The summed E-state index contributed by atoms with van der Waals surface area (Å²) in [5.41, 5.74) is 0.0475. The molecule has 0 amide bonds. The van der Waals surface area contributed by atoms with Crippen LogP contribution < -0.4 is 0 Å². The van der Waals surface area contributed by atoms with Gasteiger partial charge in [-0.05, 0) is 44.0 Å². The molecule has 16 heavy (non-hydrogen) atoms. The summed E-state index contributed by atoms with van der Waals surface area (Å²) in [5, 5.41) is 13.0. The minimum Gasteiger partial charge on any atom is -0.477 e. The Bertz CT molecular complexity index is 553. The smallest absolute Gasteiger partial charge is 0.354 e. The van der Waals surface area contributed by atoms with Crippen LogP contribution >= 0.6 is 31.9 Å². The molecule has 0 aromatic carbocycles. The molecule has 5 nitrogen and oxygen atoms in total. The number of carboxylic acid groups (broad SMARTS) is 1. The summed E-state index contributed by atoms with van der Waals surface area (Å²) >= 11 is 6.43. The van der Waals surface area contributed by atoms with Gasteiger partial charge in [0.1, 0.15) is 4.60 Å². The van der Waals surface area contributed by atoms with E-state index in [-0.39, 0.29) is 5.69 Å². The largest absolute Gasteiger partial charge is 0.477 e. The molecule has 2 aromatic rings. The molecule has 0 aliphatic heterocycles. The van der Waals surface area contributed by atoms with Crippen molar-refractivity contribution in [1.82, 2.24) is 14.8 Å². The highest BCUT2D eigenvalue weighted by Gasteiger charge is 2.16. The molecule has 0 fully saturated rings. The van der Waals surface area contributed by atoms with Gasteiger partial charge in [-0.15, -0.1) is 0 Å². The van der Waals surface area contributed by atoms with E-state index < -0.39 is 5.97 Å². The molecule has 0 unspecified atom stereocenters. The van der Waals surface area contributed by atoms with Gasteiger partial charge < -0.3 is 5.11 Å². The summed E-state index contributed by atoms with van der Waals surface area (Å²) in [6.07, 6.45) is 1.57. The zero-order valence-electron chi connectivity index (χ0n) is 7.76. The fraction of sp³-hybridized carbons (Fsp3) is 0. The summed E-state index contributed by atoms with van der Waals surface area (Å²) in [7, 11) is 0. The Labute approximate surface area is 107 Å². The van der Waals surface area contributed by atoms with Crippen molar-refractivity contribution < 1.29 is 9.90 Å². The van der Waals surface area contributed by atoms with Gasteiger partial charge >= 0.3 is 5.97 Å². The van der Waals surface area contributed by atoms with E-state index in [1.165, 1.54) is 10.7 Å². The van der Waals surface area contributed by atoms with Gasteiger partial charge in [-0.3, -0.25) is 0 Å². The molecule has 0 atom stereocenters. The number of carboxylic acids is 1. The second-order valence-corrected chi connectivity index (χ2v) is 4.54. The van der Waals surface area contributed by atoms with Crippen molar-refractivity contribution in [3.05, 3.63) is 39.2 Å². The average molecular weight is 347 g/mol. The van der Waals surface area contributed by atoms with E-state index in [2.05, 4.69) is 41.9 Å². The number of hydrogen-bond donors (Lipinski definition) is 1. The van der Waals surface area contributed by atoms with Crippen LogP contribution in [0.25, 0.3) is 5.82 Å². The van der Waals surface area contributed by atoms with Crippen LogP contribution in [-0.2, 0) is 0 Å². The lowest BCUT2D eigenvalue weighted by Crippen LogP contribution is -2.09. The van der Waals surface area contributed by atoms with Gasteiger partial charge in [-0.25, -0.2) is 14.5 Å². The summed E-state index contributed by atoms with van der Waals surface area (Å²) in [6, 6.07) is 4.93. The van der Waals surface area contributed by atoms with Gasteiger partial charge in [0.05, 0.1) is 4.47 Å². The summed E-state index contributed by atoms with van der Waals surface area (Å²) in [6.45, 7) is 0. The number of pyridine rings is 1. The zero-order chi connectivity index (χ0) is 11.7. The highest BCUT2D eigenvalue weighted by atomic mass is 79.9. The highest BCUT2D eigenvalue weighted by molar-refractivity contribution is 9.10. The molecular weight excluding hydrogens is 342 g/mol. The van der Waals surface area contributed by atoms with E-state index in [4.69, 9.17) is 5.11 Å². The molecular formula is C9H5Br2N3O2. The predicted octanol–water partition coefficient (Wildman–Crippen LogP) is 2.49.